The van der Waals surface area contributed by atoms with Gasteiger partial charge in [-0.2, -0.15) is 0 Å². The van der Waals surface area contributed by atoms with Gasteiger partial charge in [-0.1, -0.05) is 24.3 Å². The second kappa shape index (κ2) is 4.29. The molecule has 0 spiro atoms. The monoisotopic (exact) mass is 208 g/mol. The van der Waals surface area contributed by atoms with E-state index >= 15 is 0 Å². The van der Waals surface area contributed by atoms with E-state index in [2.05, 4.69) is 5.32 Å². The van der Waals surface area contributed by atoms with E-state index in [0.717, 1.165) is 24.2 Å². The molecule has 15 heavy (non-hydrogen) atoms. The molecule has 0 aliphatic carbocycles. The molecule has 0 unspecified atom stereocenters. The van der Waals surface area contributed by atoms with Crippen molar-refractivity contribution in [3.8, 4) is 0 Å². The molecule has 1 aromatic carbocycles. The maximum atomic E-state index is 14.7. The van der Waals surface area contributed by atoms with Crippen LogP contribution in [0.25, 0.3) is 0 Å². The van der Waals surface area contributed by atoms with Crippen LogP contribution in [-0.4, -0.2) is 13.1 Å². The molecule has 1 saturated heterocycles. The van der Waals surface area contributed by atoms with E-state index in [9.17, 15) is 4.39 Å². The lowest BCUT2D eigenvalue weighted by Gasteiger charge is -2.31. The number of hydrogen-bond acceptors (Lipinski definition) is 2. The number of nitrogens with one attached hydrogen (secondary N) is 1. The highest BCUT2D eigenvalue weighted by Gasteiger charge is 2.34. The average Bonchev–Trinajstić information content (AvgIpc) is 2.30. The van der Waals surface area contributed by atoms with E-state index in [1.807, 2.05) is 24.3 Å². The van der Waals surface area contributed by atoms with Gasteiger partial charge in [0.1, 0.15) is 5.67 Å². The van der Waals surface area contributed by atoms with E-state index in [1.54, 1.807) is 0 Å². The maximum Gasteiger partial charge on any atom is 0.138 e. The molecular formula is C12H17FN2. The normalized spacial score (nSPS) is 20.1. The Morgan fingerprint density at radius 1 is 1.27 bits per heavy atom. The number of alkyl halides is 1. The van der Waals surface area contributed by atoms with Crippen LogP contribution in [0.1, 0.15) is 24.0 Å². The molecule has 0 aromatic heterocycles. The van der Waals surface area contributed by atoms with Gasteiger partial charge in [0.2, 0.25) is 0 Å². The Hall–Kier alpha value is -0.930. The summed E-state index contributed by atoms with van der Waals surface area (Å²) in [5.74, 6) is 0. The molecule has 1 aliphatic heterocycles. The van der Waals surface area contributed by atoms with E-state index in [1.165, 1.54) is 0 Å². The zero-order valence-electron chi connectivity index (χ0n) is 8.80. The third-order valence-corrected chi connectivity index (χ3v) is 3.12. The van der Waals surface area contributed by atoms with Crippen molar-refractivity contribution in [3.05, 3.63) is 35.4 Å². The summed E-state index contributed by atoms with van der Waals surface area (Å²) in [5, 5.41) is 3.18. The van der Waals surface area contributed by atoms with Crippen LogP contribution in [0.2, 0.25) is 0 Å². The highest BCUT2D eigenvalue weighted by molar-refractivity contribution is 5.32. The van der Waals surface area contributed by atoms with Crippen LogP contribution in [0.3, 0.4) is 0 Å². The number of rotatable bonds is 2. The van der Waals surface area contributed by atoms with Gasteiger partial charge in [-0.25, -0.2) is 4.39 Å². The van der Waals surface area contributed by atoms with Gasteiger partial charge in [0.15, 0.2) is 0 Å². The van der Waals surface area contributed by atoms with Crippen molar-refractivity contribution in [2.45, 2.75) is 25.1 Å². The lowest BCUT2D eigenvalue weighted by Crippen LogP contribution is -2.37. The van der Waals surface area contributed by atoms with Crippen LogP contribution >= 0.6 is 0 Å². The minimum Gasteiger partial charge on any atom is -0.326 e. The molecule has 0 bridgehead atoms. The highest BCUT2D eigenvalue weighted by Crippen LogP contribution is 2.36. The molecule has 2 nitrogen and oxygen atoms in total. The molecule has 1 fully saturated rings. The summed E-state index contributed by atoms with van der Waals surface area (Å²) in [6, 6.07) is 7.58. The zero-order chi connectivity index (χ0) is 10.7. The molecule has 82 valence electrons. The number of hydrogen-bond donors (Lipinski definition) is 2. The summed E-state index contributed by atoms with van der Waals surface area (Å²) in [6.07, 6.45) is 1.09. The van der Waals surface area contributed by atoms with Gasteiger partial charge in [-0.15, -0.1) is 0 Å². The molecule has 0 amide bonds. The lowest BCUT2D eigenvalue weighted by atomic mass is 9.84. The fraction of sp³-hybridized carbons (Fsp3) is 0.500. The first-order chi connectivity index (χ1) is 7.26. The molecule has 2 rings (SSSR count). The predicted octanol–water partition coefficient (Wildman–Crippen LogP) is 1.69. The van der Waals surface area contributed by atoms with Gasteiger partial charge < -0.3 is 11.1 Å². The van der Waals surface area contributed by atoms with Crippen molar-refractivity contribution < 1.29 is 4.39 Å². The minimum atomic E-state index is -1.18. The Kier molecular flexibility index (Phi) is 3.03. The first-order valence-electron chi connectivity index (χ1n) is 5.44. The first-order valence-corrected chi connectivity index (χ1v) is 5.44. The predicted molar refractivity (Wildman–Crippen MR) is 59.2 cm³/mol. The molecule has 1 heterocycles. The van der Waals surface area contributed by atoms with E-state index in [-0.39, 0.29) is 0 Å². The van der Waals surface area contributed by atoms with Gasteiger partial charge in [0.25, 0.3) is 0 Å². The number of nitrogens with two attached hydrogens (primary N) is 1. The van der Waals surface area contributed by atoms with Gasteiger partial charge in [-0.05, 0) is 37.1 Å². The van der Waals surface area contributed by atoms with Crippen LogP contribution in [0, 0.1) is 0 Å². The van der Waals surface area contributed by atoms with Crippen LogP contribution in [0.4, 0.5) is 4.39 Å². The largest absolute Gasteiger partial charge is 0.326 e. The van der Waals surface area contributed by atoms with Crippen molar-refractivity contribution in [1.82, 2.24) is 5.32 Å². The molecular weight excluding hydrogens is 191 g/mol. The molecule has 0 saturated carbocycles. The maximum absolute atomic E-state index is 14.7. The number of halogens is 1. The first kappa shape index (κ1) is 10.6. The zero-order valence-corrected chi connectivity index (χ0v) is 8.80. The Labute approximate surface area is 89.7 Å². The number of piperidine rings is 1. The van der Waals surface area contributed by atoms with Gasteiger partial charge in [-0.3, -0.25) is 0 Å². The second-order valence-electron chi connectivity index (χ2n) is 4.08. The SMILES string of the molecule is NCc1ccccc1C1(F)CCNCC1. The van der Waals surface area contributed by atoms with E-state index < -0.39 is 5.67 Å². The van der Waals surface area contributed by atoms with Gasteiger partial charge >= 0.3 is 0 Å². The van der Waals surface area contributed by atoms with Crippen LogP contribution in [0.15, 0.2) is 24.3 Å². The molecule has 3 N–H and O–H groups in total. The van der Waals surface area contributed by atoms with Crippen LogP contribution in [0.5, 0.6) is 0 Å². The van der Waals surface area contributed by atoms with E-state index in [4.69, 9.17) is 5.73 Å². The molecule has 1 aliphatic rings. The standard InChI is InChI=1S/C12H17FN2/c13-12(5-7-15-8-6-12)11-4-2-1-3-10(11)9-14/h1-4,15H,5-9,14H2. The minimum absolute atomic E-state index is 0.412. The third kappa shape index (κ3) is 2.03. The van der Waals surface area contributed by atoms with Crippen LogP contribution < -0.4 is 11.1 Å². The average molecular weight is 208 g/mol. The summed E-state index contributed by atoms with van der Waals surface area (Å²) in [4.78, 5) is 0. The summed E-state index contributed by atoms with van der Waals surface area (Å²) < 4.78 is 14.7. The highest BCUT2D eigenvalue weighted by atomic mass is 19.1. The fourth-order valence-electron chi connectivity index (χ4n) is 2.23. The van der Waals surface area contributed by atoms with Crippen molar-refractivity contribution >= 4 is 0 Å². The molecule has 1 aromatic rings. The van der Waals surface area contributed by atoms with Crippen molar-refractivity contribution in [2.24, 2.45) is 5.73 Å². The Balaban J connectivity index is 2.34. The summed E-state index contributed by atoms with van der Waals surface area (Å²) in [7, 11) is 0. The van der Waals surface area contributed by atoms with Crippen molar-refractivity contribution in [3.63, 3.8) is 0 Å². The summed E-state index contributed by atoms with van der Waals surface area (Å²) >= 11 is 0. The van der Waals surface area contributed by atoms with Crippen molar-refractivity contribution in [1.29, 1.82) is 0 Å². The van der Waals surface area contributed by atoms with Crippen molar-refractivity contribution in [2.75, 3.05) is 13.1 Å². The Bertz CT molecular complexity index is 332. The number of benzene rings is 1. The van der Waals surface area contributed by atoms with Gasteiger partial charge in [0, 0.05) is 6.54 Å². The topological polar surface area (TPSA) is 38.0 Å². The Morgan fingerprint density at radius 3 is 2.60 bits per heavy atom. The molecule has 0 radical (unpaired) electrons. The van der Waals surface area contributed by atoms with Crippen LogP contribution in [-0.2, 0) is 12.2 Å². The lowest BCUT2D eigenvalue weighted by molar-refractivity contribution is 0.114. The van der Waals surface area contributed by atoms with E-state index in [0.29, 0.717) is 19.4 Å². The fourth-order valence-corrected chi connectivity index (χ4v) is 2.23. The van der Waals surface area contributed by atoms with Gasteiger partial charge in [0.05, 0.1) is 0 Å². The second-order valence-corrected chi connectivity index (χ2v) is 4.08. The molecule has 3 heteroatoms. The summed E-state index contributed by atoms with van der Waals surface area (Å²) in [5.41, 5.74) is 6.17. The summed E-state index contributed by atoms with van der Waals surface area (Å²) in [6.45, 7) is 1.90. The smallest absolute Gasteiger partial charge is 0.138 e. The Morgan fingerprint density at radius 2 is 1.93 bits per heavy atom. The third-order valence-electron chi connectivity index (χ3n) is 3.12. The molecule has 0 atom stereocenters. The quantitative estimate of drug-likeness (QED) is 0.776.